The first-order valence-corrected chi connectivity index (χ1v) is 4.37. The molecule has 0 aliphatic heterocycles. The molecule has 2 heterocycles. The number of hydrogen-bond donors (Lipinski definition) is 1. The lowest BCUT2D eigenvalue weighted by Crippen LogP contribution is -2.02. The smallest absolute Gasteiger partial charge is 0.218 e. The van der Waals surface area contributed by atoms with E-state index in [4.69, 9.17) is 9.26 Å². The van der Waals surface area contributed by atoms with E-state index >= 15 is 0 Å². The van der Waals surface area contributed by atoms with Gasteiger partial charge in [0.15, 0.2) is 0 Å². The van der Waals surface area contributed by atoms with Gasteiger partial charge in [-0.15, -0.1) is 0 Å². The third-order valence-corrected chi connectivity index (χ3v) is 1.79. The molecule has 0 radical (unpaired) electrons. The van der Waals surface area contributed by atoms with E-state index < -0.39 is 0 Å². The Morgan fingerprint density at radius 1 is 1.47 bits per heavy atom. The van der Waals surface area contributed by atoms with Crippen molar-refractivity contribution in [2.75, 3.05) is 12.4 Å². The number of hydrogen-bond acceptors (Lipinski definition) is 6. The van der Waals surface area contributed by atoms with Crippen molar-refractivity contribution >= 4 is 5.82 Å². The van der Waals surface area contributed by atoms with Crippen molar-refractivity contribution < 1.29 is 9.26 Å². The Balaban J connectivity index is 1.98. The van der Waals surface area contributed by atoms with Gasteiger partial charge in [-0.05, 0) is 0 Å². The molecule has 0 fully saturated rings. The second-order valence-corrected chi connectivity index (χ2v) is 2.79. The average Bonchev–Trinajstić information content (AvgIpc) is 2.79. The highest BCUT2D eigenvalue weighted by Crippen LogP contribution is 2.10. The Morgan fingerprint density at radius 2 is 2.40 bits per heavy atom. The molecule has 6 heteroatoms. The van der Waals surface area contributed by atoms with Crippen LogP contribution in [0, 0.1) is 0 Å². The summed E-state index contributed by atoms with van der Waals surface area (Å²) in [5, 5.41) is 6.83. The van der Waals surface area contributed by atoms with Crippen LogP contribution in [0.15, 0.2) is 29.2 Å². The fourth-order valence-corrected chi connectivity index (χ4v) is 1.06. The van der Waals surface area contributed by atoms with Gasteiger partial charge in [0.05, 0.1) is 13.7 Å². The second kappa shape index (κ2) is 4.41. The van der Waals surface area contributed by atoms with E-state index in [-0.39, 0.29) is 0 Å². The van der Waals surface area contributed by atoms with Gasteiger partial charge in [-0.1, -0.05) is 5.16 Å². The van der Waals surface area contributed by atoms with E-state index in [0.29, 0.717) is 18.2 Å². The van der Waals surface area contributed by atoms with E-state index in [1.54, 1.807) is 19.2 Å². The van der Waals surface area contributed by atoms with Gasteiger partial charge in [-0.3, -0.25) is 0 Å². The number of nitrogens with zero attached hydrogens (tertiary/aromatic N) is 3. The summed E-state index contributed by atoms with van der Waals surface area (Å²) in [6, 6.07) is 3.49. The number of rotatable bonds is 4. The van der Waals surface area contributed by atoms with Crippen LogP contribution in [-0.2, 0) is 6.54 Å². The Labute approximate surface area is 86.3 Å². The quantitative estimate of drug-likeness (QED) is 0.807. The van der Waals surface area contributed by atoms with Gasteiger partial charge >= 0.3 is 0 Å². The highest BCUT2D eigenvalue weighted by molar-refractivity contribution is 5.37. The van der Waals surface area contributed by atoms with Crippen LogP contribution >= 0.6 is 0 Å². The minimum atomic E-state index is 0.521. The minimum absolute atomic E-state index is 0.521. The summed E-state index contributed by atoms with van der Waals surface area (Å²) in [7, 11) is 1.56. The van der Waals surface area contributed by atoms with Crippen molar-refractivity contribution in [1.82, 2.24) is 15.1 Å². The van der Waals surface area contributed by atoms with Crippen LogP contribution in [0.4, 0.5) is 5.82 Å². The van der Waals surface area contributed by atoms with Crippen molar-refractivity contribution in [3.63, 3.8) is 0 Å². The van der Waals surface area contributed by atoms with Gasteiger partial charge in [0.1, 0.15) is 24.1 Å². The Hall–Kier alpha value is -2.11. The Bertz CT molecular complexity index is 416. The van der Waals surface area contributed by atoms with Gasteiger partial charge in [0.25, 0.3) is 0 Å². The molecular weight excluding hydrogens is 196 g/mol. The number of nitrogens with one attached hydrogen (secondary N) is 1. The zero-order valence-corrected chi connectivity index (χ0v) is 8.17. The number of ether oxygens (including phenoxy) is 1. The van der Waals surface area contributed by atoms with Gasteiger partial charge < -0.3 is 14.6 Å². The molecule has 0 saturated carbocycles. The fraction of sp³-hybridized carbons (Fsp3) is 0.222. The normalized spacial score (nSPS) is 9.93. The number of aromatic nitrogens is 3. The van der Waals surface area contributed by atoms with Crippen LogP contribution in [0.3, 0.4) is 0 Å². The van der Waals surface area contributed by atoms with Gasteiger partial charge in [0, 0.05) is 12.1 Å². The van der Waals surface area contributed by atoms with Crippen LogP contribution in [0.5, 0.6) is 5.88 Å². The van der Waals surface area contributed by atoms with Crippen molar-refractivity contribution in [1.29, 1.82) is 0 Å². The monoisotopic (exact) mass is 206 g/mol. The molecule has 0 unspecified atom stereocenters. The third-order valence-electron chi connectivity index (χ3n) is 1.79. The predicted octanol–water partition coefficient (Wildman–Crippen LogP) is 1.09. The maximum absolute atomic E-state index is 4.97. The van der Waals surface area contributed by atoms with E-state index in [9.17, 15) is 0 Å². The first kappa shape index (κ1) is 9.45. The number of anilines is 1. The molecule has 0 amide bonds. The molecule has 6 nitrogen and oxygen atoms in total. The summed E-state index contributed by atoms with van der Waals surface area (Å²) in [6.07, 6.45) is 2.96. The summed E-state index contributed by atoms with van der Waals surface area (Å²) in [5.74, 6) is 1.21. The minimum Gasteiger partial charge on any atom is -0.481 e. The summed E-state index contributed by atoms with van der Waals surface area (Å²) in [5.41, 5.74) is 0.813. The zero-order chi connectivity index (χ0) is 10.5. The van der Waals surface area contributed by atoms with Gasteiger partial charge in [-0.2, -0.15) is 0 Å². The van der Waals surface area contributed by atoms with E-state index in [0.717, 1.165) is 5.69 Å². The van der Waals surface area contributed by atoms with Crippen LogP contribution in [0.2, 0.25) is 0 Å². The molecule has 1 N–H and O–H groups in total. The van der Waals surface area contributed by atoms with Crippen LogP contribution < -0.4 is 10.1 Å². The molecule has 0 aliphatic carbocycles. The molecule has 0 bridgehead atoms. The first-order chi connectivity index (χ1) is 7.38. The zero-order valence-electron chi connectivity index (χ0n) is 8.17. The highest BCUT2D eigenvalue weighted by Gasteiger charge is 1.99. The van der Waals surface area contributed by atoms with E-state index in [1.807, 2.05) is 0 Å². The summed E-state index contributed by atoms with van der Waals surface area (Å²) in [6.45, 7) is 0.552. The maximum atomic E-state index is 4.97. The molecule has 15 heavy (non-hydrogen) atoms. The fourth-order valence-electron chi connectivity index (χ4n) is 1.06. The molecular formula is C9H10N4O2. The molecule has 0 atom stereocenters. The molecule has 0 aromatic carbocycles. The van der Waals surface area contributed by atoms with Crippen LogP contribution in [0.1, 0.15) is 5.69 Å². The first-order valence-electron chi connectivity index (χ1n) is 4.37. The average molecular weight is 206 g/mol. The largest absolute Gasteiger partial charge is 0.481 e. The Kier molecular flexibility index (Phi) is 2.77. The van der Waals surface area contributed by atoms with E-state index in [2.05, 4.69) is 20.4 Å². The van der Waals surface area contributed by atoms with Crippen molar-refractivity contribution in [2.24, 2.45) is 0 Å². The third kappa shape index (κ3) is 2.43. The highest BCUT2D eigenvalue weighted by atomic mass is 16.5. The SMILES string of the molecule is COc1cc(NCc2ccon2)ncn1. The van der Waals surface area contributed by atoms with Gasteiger partial charge in [-0.25, -0.2) is 9.97 Å². The second-order valence-electron chi connectivity index (χ2n) is 2.79. The maximum Gasteiger partial charge on any atom is 0.218 e. The molecule has 2 aromatic rings. The standard InChI is InChI=1S/C9H10N4O2/c1-14-9-4-8(11-6-12-9)10-5-7-2-3-15-13-7/h2-4,6H,5H2,1H3,(H,10,11,12). The lowest BCUT2D eigenvalue weighted by molar-refractivity contribution is 0.397. The Morgan fingerprint density at radius 3 is 3.13 bits per heavy atom. The molecule has 78 valence electrons. The summed E-state index contributed by atoms with van der Waals surface area (Å²) in [4.78, 5) is 7.92. The summed E-state index contributed by atoms with van der Waals surface area (Å²) < 4.78 is 9.67. The molecule has 0 spiro atoms. The van der Waals surface area contributed by atoms with Crippen molar-refractivity contribution in [2.45, 2.75) is 6.54 Å². The molecule has 2 aromatic heterocycles. The lowest BCUT2D eigenvalue weighted by Gasteiger charge is -2.03. The topological polar surface area (TPSA) is 73.1 Å². The molecule has 0 aliphatic rings. The van der Waals surface area contributed by atoms with Crippen molar-refractivity contribution in [3.8, 4) is 5.88 Å². The van der Waals surface area contributed by atoms with Gasteiger partial charge in [0.2, 0.25) is 5.88 Å². The molecule has 0 saturated heterocycles. The van der Waals surface area contributed by atoms with Crippen LogP contribution in [-0.4, -0.2) is 22.2 Å². The molecule has 2 rings (SSSR count). The number of methoxy groups -OCH3 is 1. The van der Waals surface area contributed by atoms with E-state index in [1.165, 1.54) is 12.6 Å². The lowest BCUT2D eigenvalue weighted by atomic mass is 10.4. The van der Waals surface area contributed by atoms with Crippen molar-refractivity contribution in [3.05, 3.63) is 30.4 Å². The predicted molar refractivity (Wildman–Crippen MR) is 52.4 cm³/mol. The summed E-state index contributed by atoms with van der Waals surface area (Å²) >= 11 is 0. The van der Waals surface area contributed by atoms with Crippen LogP contribution in [0.25, 0.3) is 0 Å².